The van der Waals surface area contributed by atoms with E-state index in [-0.39, 0.29) is 5.92 Å². The van der Waals surface area contributed by atoms with Gasteiger partial charge in [-0.25, -0.2) is 0 Å². The number of hydrazone groups is 1. The van der Waals surface area contributed by atoms with Crippen LogP contribution in [0, 0.1) is 17.8 Å². The molecule has 4 rings (SSSR count). The Hall–Kier alpha value is -1.90. The number of carbonyl (C=O) groups excluding carboxylic acids is 1. The molecule has 3 heteroatoms. The van der Waals surface area contributed by atoms with E-state index in [9.17, 15) is 4.79 Å². The number of amides is 1. The first-order valence-corrected chi connectivity index (χ1v) is 8.30. The molecule has 2 saturated carbocycles. The van der Waals surface area contributed by atoms with Gasteiger partial charge in [0.1, 0.15) is 5.92 Å². The molecule has 1 aromatic carbocycles. The van der Waals surface area contributed by atoms with Crippen LogP contribution in [0.2, 0.25) is 0 Å². The van der Waals surface area contributed by atoms with Gasteiger partial charge in [-0.15, -0.1) is 9.69 Å². The SMILES string of the molecule is CC(/C=C/c1ccccc1)=[N+]1\[C@H]2C(C(=O)N1C)[C@@H]1CC[C@H]2C1. The van der Waals surface area contributed by atoms with Crippen LogP contribution in [-0.2, 0) is 4.79 Å². The predicted octanol–water partition coefficient (Wildman–Crippen LogP) is 2.97. The molecule has 4 atom stereocenters. The molecular formula is C19H23N2O+. The van der Waals surface area contributed by atoms with E-state index in [0.717, 1.165) is 0 Å². The molecule has 0 radical (unpaired) electrons. The molecule has 1 saturated heterocycles. The quantitative estimate of drug-likeness (QED) is 0.769. The molecule has 1 aromatic rings. The number of hydrazine groups is 1. The van der Waals surface area contributed by atoms with Crippen LogP contribution in [0.4, 0.5) is 0 Å². The van der Waals surface area contributed by atoms with Gasteiger partial charge in [0.05, 0.1) is 7.05 Å². The van der Waals surface area contributed by atoms with Crippen LogP contribution in [0.5, 0.6) is 0 Å². The Balaban J connectivity index is 1.68. The van der Waals surface area contributed by atoms with Gasteiger partial charge in [0.25, 0.3) is 5.91 Å². The largest absolute Gasteiger partial charge is 0.287 e. The molecule has 2 aliphatic carbocycles. The molecule has 22 heavy (non-hydrogen) atoms. The van der Waals surface area contributed by atoms with Crippen molar-refractivity contribution in [1.82, 2.24) is 5.01 Å². The lowest BCUT2D eigenvalue weighted by atomic mass is 9.85. The van der Waals surface area contributed by atoms with Crippen LogP contribution in [0.3, 0.4) is 0 Å². The Morgan fingerprint density at radius 2 is 1.95 bits per heavy atom. The third kappa shape index (κ3) is 1.95. The van der Waals surface area contributed by atoms with E-state index in [0.29, 0.717) is 23.8 Å². The first kappa shape index (κ1) is 13.7. The van der Waals surface area contributed by atoms with Gasteiger partial charge >= 0.3 is 0 Å². The van der Waals surface area contributed by atoms with Crippen LogP contribution in [0.1, 0.15) is 31.7 Å². The number of carbonyl (C=O) groups is 1. The van der Waals surface area contributed by atoms with E-state index < -0.39 is 0 Å². The fourth-order valence-electron chi connectivity index (χ4n) is 4.81. The molecule has 0 N–H and O–H groups in total. The van der Waals surface area contributed by atoms with Gasteiger partial charge in [0.2, 0.25) is 5.71 Å². The third-order valence-corrected chi connectivity index (χ3v) is 5.76. The summed E-state index contributed by atoms with van der Waals surface area (Å²) in [6.07, 6.45) is 8.07. The summed E-state index contributed by atoms with van der Waals surface area (Å²) < 4.78 is 2.26. The van der Waals surface area contributed by atoms with Gasteiger partial charge in [0, 0.05) is 18.9 Å². The molecule has 1 aliphatic heterocycles. The number of nitrogens with zero attached hydrogens (tertiary/aromatic N) is 2. The van der Waals surface area contributed by atoms with Gasteiger partial charge in [-0.1, -0.05) is 30.3 Å². The van der Waals surface area contributed by atoms with E-state index in [4.69, 9.17) is 0 Å². The van der Waals surface area contributed by atoms with Crippen molar-refractivity contribution >= 4 is 17.7 Å². The number of fused-ring (bicyclic) bond motifs is 5. The Morgan fingerprint density at radius 1 is 1.23 bits per heavy atom. The van der Waals surface area contributed by atoms with Crippen molar-refractivity contribution in [3.05, 3.63) is 42.0 Å². The molecule has 114 valence electrons. The zero-order valence-electron chi connectivity index (χ0n) is 13.3. The maximum absolute atomic E-state index is 12.6. The lowest BCUT2D eigenvalue weighted by Gasteiger charge is -2.17. The predicted molar refractivity (Wildman–Crippen MR) is 87.3 cm³/mol. The smallest absolute Gasteiger partial charge is 0.268 e. The third-order valence-electron chi connectivity index (χ3n) is 5.76. The Kier molecular flexibility index (Phi) is 3.17. The summed E-state index contributed by atoms with van der Waals surface area (Å²) in [7, 11) is 1.93. The summed E-state index contributed by atoms with van der Waals surface area (Å²) in [6, 6.07) is 10.7. The highest BCUT2D eigenvalue weighted by atomic mass is 16.2. The average Bonchev–Trinajstić information content (AvgIpc) is 3.20. The van der Waals surface area contributed by atoms with E-state index in [1.165, 1.54) is 30.5 Å². The number of benzene rings is 1. The van der Waals surface area contributed by atoms with Crippen molar-refractivity contribution < 1.29 is 9.48 Å². The average molecular weight is 295 g/mol. The van der Waals surface area contributed by atoms with Crippen LogP contribution < -0.4 is 0 Å². The number of hydrogen-bond acceptors (Lipinski definition) is 1. The summed E-state index contributed by atoms with van der Waals surface area (Å²) in [6.45, 7) is 2.12. The second-order valence-electron chi connectivity index (χ2n) is 6.94. The minimum Gasteiger partial charge on any atom is -0.268 e. The van der Waals surface area contributed by atoms with Crippen LogP contribution >= 0.6 is 0 Å². The summed E-state index contributed by atoms with van der Waals surface area (Å²) in [5.41, 5.74) is 2.36. The summed E-state index contributed by atoms with van der Waals surface area (Å²) >= 11 is 0. The lowest BCUT2D eigenvalue weighted by molar-refractivity contribution is -0.684. The minimum atomic E-state index is 0.240. The molecule has 0 spiro atoms. The Morgan fingerprint density at radius 3 is 2.73 bits per heavy atom. The lowest BCUT2D eigenvalue weighted by Crippen LogP contribution is -2.37. The van der Waals surface area contributed by atoms with Gasteiger partial charge in [-0.05, 0) is 36.8 Å². The highest BCUT2D eigenvalue weighted by Crippen LogP contribution is 2.52. The van der Waals surface area contributed by atoms with Gasteiger partial charge < -0.3 is 0 Å². The number of hydrogen-bond donors (Lipinski definition) is 0. The highest BCUT2D eigenvalue weighted by Gasteiger charge is 2.64. The van der Waals surface area contributed by atoms with Crippen molar-refractivity contribution in [2.75, 3.05) is 7.05 Å². The van der Waals surface area contributed by atoms with E-state index in [1.54, 1.807) is 0 Å². The first-order chi connectivity index (χ1) is 10.7. The monoisotopic (exact) mass is 295 g/mol. The fraction of sp³-hybridized carbons (Fsp3) is 0.474. The van der Waals surface area contributed by atoms with Gasteiger partial charge in [-0.3, -0.25) is 4.79 Å². The molecule has 2 bridgehead atoms. The van der Waals surface area contributed by atoms with Crippen molar-refractivity contribution in [2.24, 2.45) is 17.8 Å². The fourth-order valence-corrected chi connectivity index (χ4v) is 4.81. The topological polar surface area (TPSA) is 23.3 Å². The second-order valence-corrected chi connectivity index (χ2v) is 6.94. The molecule has 1 heterocycles. The van der Waals surface area contributed by atoms with E-state index in [2.05, 4.69) is 35.9 Å². The first-order valence-electron chi connectivity index (χ1n) is 8.30. The van der Waals surface area contributed by atoms with Crippen LogP contribution in [-0.4, -0.2) is 34.4 Å². The molecule has 3 nitrogen and oxygen atoms in total. The minimum absolute atomic E-state index is 0.240. The van der Waals surface area contributed by atoms with Crippen molar-refractivity contribution in [3.8, 4) is 0 Å². The van der Waals surface area contributed by atoms with Crippen molar-refractivity contribution in [3.63, 3.8) is 0 Å². The zero-order chi connectivity index (χ0) is 15.3. The Bertz CT molecular complexity index is 661. The second kappa shape index (κ2) is 5.08. The van der Waals surface area contributed by atoms with Crippen LogP contribution in [0.15, 0.2) is 36.4 Å². The summed E-state index contributed by atoms with van der Waals surface area (Å²) in [5.74, 6) is 1.89. The molecular weight excluding hydrogens is 272 g/mol. The molecule has 1 unspecified atom stereocenters. The highest BCUT2D eigenvalue weighted by molar-refractivity contribution is 5.93. The molecule has 3 aliphatic rings. The number of allylic oxidation sites excluding steroid dienone is 1. The van der Waals surface area contributed by atoms with Gasteiger partial charge in [0.15, 0.2) is 6.04 Å². The normalized spacial score (nSPS) is 35.5. The summed E-state index contributed by atoms with van der Waals surface area (Å²) in [4.78, 5) is 12.6. The summed E-state index contributed by atoms with van der Waals surface area (Å²) in [5, 5.41) is 1.87. The van der Waals surface area contributed by atoms with Crippen molar-refractivity contribution in [2.45, 2.75) is 32.2 Å². The van der Waals surface area contributed by atoms with Crippen molar-refractivity contribution in [1.29, 1.82) is 0 Å². The maximum Gasteiger partial charge on any atom is 0.287 e. The maximum atomic E-state index is 12.6. The molecule has 1 amide bonds. The molecule has 3 fully saturated rings. The van der Waals surface area contributed by atoms with Crippen LogP contribution in [0.25, 0.3) is 6.08 Å². The zero-order valence-corrected chi connectivity index (χ0v) is 13.3. The number of rotatable bonds is 2. The van der Waals surface area contributed by atoms with E-state index in [1.807, 2.05) is 30.3 Å². The Labute approximate surface area is 131 Å². The van der Waals surface area contributed by atoms with E-state index >= 15 is 0 Å². The molecule has 0 aromatic heterocycles. The van der Waals surface area contributed by atoms with Gasteiger partial charge in [-0.2, -0.15) is 0 Å². The standard InChI is InChI=1S/C19H23N2O/c1-13(8-9-14-6-4-3-5-7-14)21-18-16-11-10-15(12-16)17(18)19(22)20(21)2/h3-9,15-18H,10-12H2,1-2H3/q+1/b9-8+,21-13-/t15-,16+,17?,18-/m1/s1.